The van der Waals surface area contributed by atoms with Gasteiger partial charge in [0, 0.05) is 19.3 Å². The predicted molar refractivity (Wildman–Crippen MR) is 67.8 cm³/mol. The first-order valence-corrected chi connectivity index (χ1v) is 8.76. The van der Waals surface area contributed by atoms with Gasteiger partial charge < -0.3 is 13.3 Å². The lowest BCUT2D eigenvalue weighted by Crippen LogP contribution is -2.60. The van der Waals surface area contributed by atoms with E-state index in [4.69, 9.17) is 13.3 Å². The Labute approximate surface area is 113 Å². The van der Waals surface area contributed by atoms with Gasteiger partial charge in [-0.3, -0.25) is 0 Å². The zero-order valence-electron chi connectivity index (χ0n) is 11.8. The average molecular weight is 300 g/mol. The summed E-state index contributed by atoms with van der Waals surface area (Å²) < 4.78 is 55.9. The minimum atomic E-state index is -4.39. The standard InChI is InChI=1S/C12H23F3O3Si/c1-4-8-16-19(17-9-5-2)10-6-7-11(3,18-19)12(13,14)15/h4-10H2,1-3H3. The van der Waals surface area contributed by atoms with Crippen molar-refractivity contribution in [1.82, 2.24) is 0 Å². The monoisotopic (exact) mass is 300 g/mol. The Morgan fingerprint density at radius 3 is 2.11 bits per heavy atom. The van der Waals surface area contributed by atoms with Crippen LogP contribution in [0, 0.1) is 0 Å². The summed E-state index contributed by atoms with van der Waals surface area (Å²) in [7, 11) is -3.19. The summed E-state index contributed by atoms with van der Waals surface area (Å²) in [5, 5.41) is 0. The number of alkyl halides is 3. The Morgan fingerprint density at radius 1 is 1.16 bits per heavy atom. The summed E-state index contributed by atoms with van der Waals surface area (Å²) in [6.45, 7) is 5.67. The van der Waals surface area contributed by atoms with Crippen LogP contribution < -0.4 is 0 Å². The van der Waals surface area contributed by atoms with E-state index in [0.29, 0.717) is 25.7 Å². The van der Waals surface area contributed by atoms with Gasteiger partial charge >= 0.3 is 15.0 Å². The molecule has 114 valence electrons. The third-order valence-corrected chi connectivity index (χ3v) is 6.18. The van der Waals surface area contributed by atoms with E-state index in [1.165, 1.54) is 0 Å². The molecule has 1 rings (SSSR count). The van der Waals surface area contributed by atoms with Crippen molar-refractivity contribution in [3.8, 4) is 0 Å². The molecular weight excluding hydrogens is 277 g/mol. The highest BCUT2D eigenvalue weighted by Crippen LogP contribution is 2.44. The molecule has 1 aliphatic heterocycles. The number of hydrogen-bond donors (Lipinski definition) is 0. The Kier molecular flexibility index (Phi) is 5.85. The van der Waals surface area contributed by atoms with Crippen molar-refractivity contribution < 1.29 is 26.4 Å². The molecule has 1 heterocycles. The number of halogens is 3. The lowest BCUT2D eigenvalue weighted by atomic mass is 10.0. The molecule has 0 aliphatic carbocycles. The van der Waals surface area contributed by atoms with Gasteiger partial charge in [0.1, 0.15) is 0 Å². The van der Waals surface area contributed by atoms with Crippen LogP contribution in [0.2, 0.25) is 6.04 Å². The highest BCUT2D eigenvalue weighted by Gasteiger charge is 2.61. The summed E-state index contributed by atoms with van der Waals surface area (Å²) in [4.78, 5) is 0. The molecule has 0 saturated carbocycles. The molecule has 0 radical (unpaired) electrons. The van der Waals surface area contributed by atoms with Gasteiger partial charge in [0.25, 0.3) is 0 Å². The smallest absolute Gasteiger partial charge is 0.373 e. The van der Waals surface area contributed by atoms with Crippen molar-refractivity contribution >= 4 is 8.80 Å². The van der Waals surface area contributed by atoms with Gasteiger partial charge in [-0.15, -0.1) is 0 Å². The zero-order valence-corrected chi connectivity index (χ0v) is 12.8. The van der Waals surface area contributed by atoms with Crippen molar-refractivity contribution in [2.45, 2.75) is 64.3 Å². The molecular formula is C12H23F3O3Si. The largest absolute Gasteiger partial charge is 0.501 e. The van der Waals surface area contributed by atoms with Crippen LogP contribution in [-0.4, -0.2) is 33.8 Å². The first kappa shape index (κ1) is 16.9. The van der Waals surface area contributed by atoms with E-state index < -0.39 is 20.6 Å². The van der Waals surface area contributed by atoms with Gasteiger partial charge in [0.05, 0.1) is 0 Å². The van der Waals surface area contributed by atoms with E-state index >= 15 is 0 Å². The SMILES string of the molecule is CCCO[Si]1(OCCC)CCCC(C)(C(F)(F)F)O1. The fourth-order valence-corrected chi connectivity index (χ4v) is 5.18. The maximum absolute atomic E-state index is 13.1. The van der Waals surface area contributed by atoms with Crippen LogP contribution in [0.1, 0.15) is 46.5 Å². The quantitative estimate of drug-likeness (QED) is 0.696. The summed E-state index contributed by atoms with van der Waals surface area (Å²) in [5.41, 5.74) is -2.14. The van der Waals surface area contributed by atoms with Gasteiger partial charge in [-0.1, -0.05) is 13.8 Å². The fraction of sp³-hybridized carbons (Fsp3) is 1.00. The molecule has 1 atom stereocenters. The molecule has 19 heavy (non-hydrogen) atoms. The van der Waals surface area contributed by atoms with Crippen LogP contribution in [0.25, 0.3) is 0 Å². The Balaban J connectivity index is 2.84. The third-order valence-electron chi connectivity index (χ3n) is 3.17. The molecule has 0 bridgehead atoms. The predicted octanol–water partition coefficient (Wildman–Crippen LogP) is 3.91. The number of hydrogen-bond acceptors (Lipinski definition) is 3. The van der Waals surface area contributed by atoms with E-state index in [1.54, 1.807) is 0 Å². The van der Waals surface area contributed by atoms with E-state index in [2.05, 4.69) is 0 Å². The summed E-state index contributed by atoms with van der Waals surface area (Å²) in [5.74, 6) is 0. The first-order valence-electron chi connectivity index (χ1n) is 6.83. The van der Waals surface area contributed by atoms with Crippen LogP contribution in [0.5, 0.6) is 0 Å². The highest BCUT2D eigenvalue weighted by atomic mass is 28.4. The van der Waals surface area contributed by atoms with Gasteiger partial charge in [-0.05, 0) is 32.6 Å². The molecule has 0 amide bonds. The first-order chi connectivity index (χ1) is 8.79. The second-order valence-electron chi connectivity index (χ2n) is 5.06. The summed E-state index contributed by atoms with van der Waals surface area (Å²) in [6.07, 6.45) is -2.53. The van der Waals surface area contributed by atoms with Crippen LogP contribution in [-0.2, 0) is 13.3 Å². The van der Waals surface area contributed by atoms with Crippen LogP contribution >= 0.6 is 0 Å². The molecule has 1 aliphatic rings. The minimum Gasteiger partial charge on any atom is -0.373 e. The van der Waals surface area contributed by atoms with E-state index in [-0.39, 0.29) is 6.42 Å². The zero-order chi connectivity index (χ0) is 14.6. The fourth-order valence-electron chi connectivity index (χ4n) is 2.05. The van der Waals surface area contributed by atoms with Crippen LogP contribution in [0.15, 0.2) is 0 Å². The third kappa shape index (κ3) is 4.17. The number of rotatable bonds is 6. The lowest BCUT2D eigenvalue weighted by Gasteiger charge is -2.44. The average Bonchev–Trinajstić information content (AvgIpc) is 2.33. The molecule has 0 aromatic heterocycles. The molecule has 0 aromatic rings. The molecule has 7 heteroatoms. The van der Waals surface area contributed by atoms with Crippen LogP contribution in [0.4, 0.5) is 13.2 Å². The maximum atomic E-state index is 13.1. The maximum Gasteiger partial charge on any atom is 0.501 e. The van der Waals surface area contributed by atoms with Gasteiger partial charge in [-0.2, -0.15) is 13.2 Å². The Bertz CT molecular complexity index is 278. The Morgan fingerprint density at radius 2 is 1.68 bits per heavy atom. The molecule has 0 N–H and O–H groups in total. The van der Waals surface area contributed by atoms with Crippen molar-refractivity contribution in [2.75, 3.05) is 13.2 Å². The van der Waals surface area contributed by atoms with Crippen molar-refractivity contribution in [2.24, 2.45) is 0 Å². The van der Waals surface area contributed by atoms with Crippen molar-refractivity contribution in [1.29, 1.82) is 0 Å². The summed E-state index contributed by atoms with van der Waals surface area (Å²) in [6, 6.07) is 0.471. The normalized spacial score (nSPS) is 27.5. The lowest BCUT2D eigenvalue weighted by molar-refractivity contribution is -0.262. The second-order valence-corrected chi connectivity index (χ2v) is 7.71. The molecule has 0 aromatic carbocycles. The van der Waals surface area contributed by atoms with Gasteiger partial charge in [0.15, 0.2) is 5.60 Å². The van der Waals surface area contributed by atoms with Crippen molar-refractivity contribution in [3.63, 3.8) is 0 Å². The molecule has 1 saturated heterocycles. The molecule has 1 unspecified atom stereocenters. The molecule has 3 nitrogen and oxygen atoms in total. The van der Waals surface area contributed by atoms with Gasteiger partial charge in [-0.25, -0.2) is 0 Å². The Hall–Kier alpha value is -0.113. The van der Waals surface area contributed by atoms with E-state index in [1.807, 2.05) is 13.8 Å². The van der Waals surface area contributed by atoms with E-state index in [0.717, 1.165) is 19.8 Å². The van der Waals surface area contributed by atoms with Crippen LogP contribution in [0.3, 0.4) is 0 Å². The summed E-state index contributed by atoms with van der Waals surface area (Å²) >= 11 is 0. The van der Waals surface area contributed by atoms with Crippen molar-refractivity contribution in [3.05, 3.63) is 0 Å². The topological polar surface area (TPSA) is 27.7 Å². The highest BCUT2D eigenvalue weighted by molar-refractivity contribution is 6.61. The molecule has 0 spiro atoms. The van der Waals surface area contributed by atoms with E-state index in [9.17, 15) is 13.2 Å². The minimum absolute atomic E-state index is 0.0315. The van der Waals surface area contributed by atoms with Gasteiger partial charge in [0.2, 0.25) is 0 Å². The second kappa shape index (κ2) is 6.56. The molecule has 1 fully saturated rings.